The van der Waals surface area contributed by atoms with Crippen molar-refractivity contribution in [2.24, 2.45) is 5.41 Å². The van der Waals surface area contributed by atoms with E-state index in [-0.39, 0.29) is 5.41 Å². The number of hydrogen-bond acceptors (Lipinski definition) is 4. The molecule has 0 spiro atoms. The quantitative estimate of drug-likeness (QED) is 0.608. The first-order chi connectivity index (χ1) is 11.1. The summed E-state index contributed by atoms with van der Waals surface area (Å²) in [6.07, 6.45) is 6.64. The summed E-state index contributed by atoms with van der Waals surface area (Å²) in [5, 5.41) is 5.59. The lowest BCUT2D eigenvalue weighted by atomic mass is 9.75. The van der Waals surface area contributed by atoms with Crippen LogP contribution in [0.3, 0.4) is 0 Å². The van der Waals surface area contributed by atoms with Crippen LogP contribution in [-0.4, -0.2) is 12.8 Å². The van der Waals surface area contributed by atoms with Crippen LogP contribution in [0.4, 0.5) is 11.4 Å². The van der Waals surface area contributed by atoms with E-state index in [0.29, 0.717) is 6.54 Å². The number of benzene rings is 1. The van der Waals surface area contributed by atoms with Crippen LogP contribution in [0.15, 0.2) is 29.6 Å². The summed E-state index contributed by atoms with van der Waals surface area (Å²) in [6, 6.07) is 8.29. The van der Waals surface area contributed by atoms with E-state index >= 15 is 0 Å². The molecule has 0 saturated heterocycles. The summed E-state index contributed by atoms with van der Waals surface area (Å²) in [6.45, 7) is 2.78. The Balaban J connectivity index is 1.78. The molecule has 3 nitrogen and oxygen atoms in total. The van der Waals surface area contributed by atoms with Crippen molar-refractivity contribution in [1.82, 2.24) is 0 Å². The number of carbonyl (C=O) groups is 1. The van der Waals surface area contributed by atoms with Gasteiger partial charge in [0.2, 0.25) is 0 Å². The predicted octanol–water partition coefficient (Wildman–Crippen LogP) is 4.87. The third kappa shape index (κ3) is 3.58. The largest absolute Gasteiger partial charge is 0.397 e. The molecule has 3 N–H and O–H groups in total. The van der Waals surface area contributed by atoms with Gasteiger partial charge >= 0.3 is 0 Å². The summed E-state index contributed by atoms with van der Waals surface area (Å²) < 4.78 is 0. The van der Waals surface area contributed by atoms with Crippen LogP contribution in [0.2, 0.25) is 0 Å². The number of nitrogens with one attached hydrogen (secondary N) is 1. The number of aryl methyl sites for hydroxylation is 1. The zero-order chi connectivity index (χ0) is 16.3. The molecule has 0 unspecified atom stereocenters. The molecule has 1 aliphatic carbocycles. The van der Waals surface area contributed by atoms with Crippen molar-refractivity contribution in [1.29, 1.82) is 0 Å². The smallest absolute Gasteiger partial charge is 0.127 e. The van der Waals surface area contributed by atoms with Crippen molar-refractivity contribution in [2.45, 2.75) is 39.0 Å². The standard InChI is InChI=1S/C19H24N2OS/c1-14-9-18(23-11-14)15-5-6-16(20)17(10-15)21-12-19(13-22)7-3-2-4-8-19/h5-6,9-11,13,21H,2-4,7-8,12,20H2,1H3. The van der Waals surface area contributed by atoms with E-state index in [1.54, 1.807) is 11.3 Å². The molecular weight excluding hydrogens is 304 g/mol. The fourth-order valence-corrected chi connectivity index (χ4v) is 4.21. The summed E-state index contributed by atoms with van der Waals surface area (Å²) in [7, 11) is 0. The van der Waals surface area contributed by atoms with Crippen LogP contribution in [-0.2, 0) is 4.79 Å². The van der Waals surface area contributed by atoms with Gasteiger partial charge in [0.05, 0.1) is 11.4 Å². The second kappa shape index (κ2) is 6.75. The monoisotopic (exact) mass is 328 g/mol. The van der Waals surface area contributed by atoms with Gasteiger partial charge in [0.15, 0.2) is 0 Å². The van der Waals surface area contributed by atoms with Crippen LogP contribution in [0.25, 0.3) is 10.4 Å². The minimum atomic E-state index is -0.222. The van der Waals surface area contributed by atoms with Crippen LogP contribution in [0.5, 0.6) is 0 Å². The van der Waals surface area contributed by atoms with Gasteiger partial charge in [-0.3, -0.25) is 0 Å². The number of hydrogen-bond donors (Lipinski definition) is 2. The molecule has 1 fully saturated rings. The maximum atomic E-state index is 11.6. The molecule has 1 aromatic carbocycles. The van der Waals surface area contributed by atoms with Crippen molar-refractivity contribution in [3.05, 3.63) is 35.2 Å². The molecule has 0 radical (unpaired) electrons. The van der Waals surface area contributed by atoms with Crippen LogP contribution in [0.1, 0.15) is 37.7 Å². The third-order valence-corrected chi connectivity index (χ3v) is 5.90. The fourth-order valence-electron chi connectivity index (χ4n) is 3.31. The highest BCUT2D eigenvalue weighted by molar-refractivity contribution is 7.13. The Kier molecular flexibility index (Phi) is 4.71. The Bertz CT molecular complexity index is 686. The van der Waals surface area contributed by atoms with E-state index in [4.69, 9.17) is 5.73 Å². The number of nitrogen functional groups attached to an aromatic ring is 1. The second-order valence-corrected chi connectivity index (χ2v) is 7.60. The maximum Gasteiger partial charge on any atom is 0.127 e. The minimum Gasteiger partial charge on any atom is -0.397 e. The molecule has 122 valence electrons. The normalized spacial score (nSPS) is 16.9. The van der Waals surface area contributed by atoms with E-state index < -0.39 is 0 Å². The number of nitrogens with two attached hydrogens (primary N) is 1. The van der Waals surface area contributed by atoms with E-state index in [1.807, 2.05) is 6.07 Å². The van der Waals surface area contributed by atoms with E-state index in [0.717, 1.165) is 43.3 Å². The van der Waals surface area contributed by atoms with Gasteiger partial charge in [-0.05, 0) is 54.5 Å². The van der Waals surface area contributed by atoms with Gasteiger partial charge in [-0.15, -0.1) is 11.3 Å². The fraction of sp³-hybridized carbons (Fsp3) is 0.421. The first-order valence-corrected chi connectivity index (χ1v) is 9.15. The molecule has 3 rings (SSSR count). The molecule has 0 bridgehead atoms. The lowest BCUT2D eigenvalue weighted by Crippen LogP contribution is -2.33. The first-order valence-electron chi connectivity index (χ1n) is 8.27. The number of rotatable bonds is 5. The molecule has 4 heteroatoms. The Morgan fingerprint density at radius 3 is 2.70 bits per heavy atom. The van der Waals surface area contributed by atoms with Gasteiger partial charge in [0.25, 0.3) is 0 Å². The zero-order valence-corrected chi connectivity index (χ0v) is 14.4. The third-order valence-electron chi connectivity index (χ3n) is 4.80. The molecule has 1 aliphatic rings. The average molecular weight is 328 g/mol. The van der Waals surface area contributed by atoms with Crippen molar-refractivity contribution >= 4 is 29.0 Å². The molecule has 2 aromatic rings. The highest BCUT2D eigenvalue weighted by Crippen LogP contribution is 2.36. The van der Waals surface area contributed by atoms with E-state index in [2.05, 4.69) is 35.8 Å². The lowest BCUT2D eigenvalue weighted by Gasteiger charge is -2.32. The van der Waals surface area contributed by atoms with Gasteiger partial charge in [-0.2, -0.15) is 0 Å². The molecule has 23 heavy (non-hydrogen) atoms. The number of anilines is 2. The highest BCUT2D eigenvalue weighted by atomic mass is 32.1. The Morgan fingerprint density at radius 2 is 2.04 bits per heavy atom. The van der Waals surface area contributed by atoms with Crippen LogP contribution in [0, 0.1) is 12.3 Å². The van der Waals surface area contributed by atoms with Crippen LogP contribution >= 0.6 is 11.3 Å². The summed E-state index contributed by atoms with van der Waals surface area (Å²) >= 11 is 1.74. The molecule has 0 amide bonds. The molecule has 0 atom stereocenters. The van der Waals surface area contributed by atoms with Gasteiger partial charge in [0, 0.05) is 16.8 Å². The molecule has 1 aromatic heterocycles. The van der Waals surface area contributed by atoms with Crippen molar-refractivity contribution < 1.29 is 4.79 Å². The molecule has 1 saturated carbocycles. The SMILES string of the molecule is Cc1csc(-c2ccc(N)c(NCC3(C=O)CCCCC3)c2)c1. The molecule has 0 aliphatic heterocycles. The number of aldehydes is 1. The Labute approximate surface area is 141 Å². The average Bonchev–Trinajstić information content (AvgIpc) is 3.01. The van der Waals surface area contributed by atoms with Crippen molar-refractivity contribution in [3.8, 4) is 10.4 Å². The van der Waals surface area contributed by atoms with E-state index in [1.165, 1.54) is 22.4 Å². The first kappa shape index (κ1) is 16.1. The van der Waals surface area contributed by atoms with E-state index in [9.17, 15) is 4.79 Å². The highest BCUT2D eigenvalue weighted by Gasteiger charge is 2.31. The number of thiophene rings is 1. The second-order valence-electron chi connectivity index (χ2n) is 6.68. The summed E-state index contributed by atoms with van der Waals surface area (Å²) in [4.78, 5) is 12.9. The molecule has 1 heterocycles. The summed E-state index contributed by atoms with van der Waals surface area (Å²) in [5.41, 5.74) is 10.0. The van der Waals surface area contributed by atoms with Crippen LogP contribution < -0.4 is 11.1 Å². The Hall–Kier alpha value is -1.81. The lowest BCUT2D eigenvalue weighted by molar-refractivity contribution is -0.117. The topological polar surface area (TPSA) is 55.1 Å². The van der Waals surface area contributed by atoms with Crippen molar-refractivity contribution in [2.75, 3.05) is 17.6 Å². The molecular formula is C19H24N2OS. The minimum absolute atomic E-state index is 0.222. The predicted molar refractivity (Wildman–Crippen MR) is 99.0 cm³/mol. The van der Waals surface area contributed by atoms with Gasteiger partial charge in [0.1, 0.15) is 6.29 Å². The van der Waals surface area contributed by atoms with Gasteiger partial charge in [-0.1, -0.05) is 25.3 Å². The van der Waals surface area contributed by atoms with Gasteiger partial charge in [-0.25, -0.2) is 0 Å². The zero-order valence-electron chi connectivity index (χ0n) is 13.6. The summed E-state index contributed by atoms with van der Waals surface area (Å²) in [5.74, 6) is 0. The maximum absolute atomic E-state index is 11.6. The number of carbonyl (C=O) groups excluding carboxylic acids is 1. The Morgan fingerprint density at radius 1 is 1.26 bits per heavy atom. The van der Waals surface area contributed by atoms with Crippen molar-refractivity contribution in [3.63, 3.8) is 0 Å². The van der Waals surface area contributed by atoms with Gasteiger partial charge < -0.3 is 15.8 Å².